The molecule has 4 aliphatic heterocycles. The Kier molecular flexibility index (Phi) is 10.8. The van der Waals surface area contributed by atoms with Gasteiger partial charge < -0.3 is 19.6 Å². The SMILES string of the molecule is CC(C)(C)c1ccc(N2c3cc(N4c5ccccc5C5(C)CCCCCC45C)ccc3B3c4ccc(C(C)(C)C)cc4N(c4cccc(C(C)(C)C)c4)c4cc(N5c6ccccc6C6(C)CCCCC56C)cc2c43)cc1. The number of anilines is 10. The molecule has 0 bridgehead atoms. The van der Waals surface area contributed by atoms with Crippen LogP contribution in [0.1, 0.15) is 176 Å². The quantitative estimate of drug-likeness (QED) is 0.163. The third kappa shape index (κ3) is 6.94. The second-order valence-electron chi connectivity index (χ2n) is 28.1. The molecule has 7 aromatic rings. The fourth-order valence-corrected chi connectivity index (χ4v) is 15.9. The van der Waals surface area contributed by atoms with Crippen molar-refractivity contribution in [2.24, 2.45) is 0 Å². The van der Waals surface area contributed by atoms with Crippen LogP contribution in [-0.2, 0) is 27.1 Å². The van der Waals surface area contributed by atoms with Crippen molar-refractivity contribution in [3.05, 3.63) is 173 Å². The fourth-order valence-electron chi connectivity index (χ4n) is 15.9. The first-order chi connectivity index (χ1) is 36.1. The summed E-state index contributed by atoms with van der Waals surface area (Å²) in [5.41, 5.74) is 23.7. The van der Waals surface area contributed by atoms with Crippen LogP contribution in [0, 0.1) is 0 Å². The van der Waals surface area contributed by atoms with Gasteiger partial charge in [-0.3, -0.25) is 0 Å². The van der Waals surface area contributed by atoms with E-state index in [2.05, 4.69) is 255 Å². The van der Waals surface area contributed by atoms with Gasteiger partial charge in [-0.15, -0.1) is 0 Å². The van der Waals surface area contributed by atoms with E-state index in [1.54, 1.807) is 0 Å². The number of hydrogen-bond donors (Lipinski definition) is 0. The van der Waals surface area contributed by atoms with Gasteiger partial charge >= 0.3 is 0 Å². The molecule has 0 radical (unpaired) electrons. The molecule has 76 heavy (non-hydrogen) atoms. The Morgan fingerprint density at radius 1 is 0.355 bits per heavy atom. The Bertz CT molecular complexity index is 3480. The minimum atomic E-state index is -0.124. The number of hydrogen-bond acceptors (Lipinski definition) is 4. The predicted molar refractivity (Wildman–Crippen MR) is 327 cm³/mol. The lowest BCUT2D eigenvalue weighted by molar-refractivity contribution is 0.195. The molecule has 388 valence electrons. The van der Waals surface area contributed by atoms with Gasteiger partial charge in [0.25, 0.3) is 6.71 Å². The van der Waals surface area contributed by atoms with Crippen LogP contribution in [-0.4, -0.2) is 17.8 Å². The van der Waals surface area contributed by atoms with Crippen molar-refractivity contribution in [1.82, 2.24) is 0 Å². The molecule has 4 nitrogen and oxygen atoms in total. The number of benzene rings is 7. The minimum Gasteiger partial charge on any atom is -0.334 e. The van der Waals surface area contributed by atoms with Crippen molar-refractivity contribution in [3.63, 3.8) is 0 Å². The van der Waals surface area contributed by atoms with E-state index in [-0.39, 0.29) is 44.9 Å². The van der Waals surface area contributed by atoms with Crippen LogP contribution in [0.3, 0.4) is 0 Å². The smallest absolute Gasteiger partial charge is 0.252 e. The van der Waals surface area contributed by atoms with E-state index in [9.17, 15) is 0 Å². The van der Waals surface area contributed by atoms with Crippen LogP contribution in [0.25, 0.3) is 0 Å². The summed E-state index contributed by atoms with van der Waals surface area (Å²) in [5, 5.41) is 0. The lowest BCUT2D eigenvalue weighted by Gasteiger charge is -2.51. The topological polar surface area (TPSA) is 13.0 Å². The highest BCUT2D eigenvalue weighted by Gasteiger charge is 2.59. The van der Waals surface area contributed by atoms with Crippen molar-refractivity contribution in [2.75, 3.05) is 19.6 Å². The first-order valence-electron chi connectivity index (χ1n) is 29.1. The lowest BCUT2D eigenvalue weighted by atomic mass is 9.33. The summed E-state index contributed by atoms with van der Waals surface area (Å²) in [6.07, 6.45) is 11.0. The van der Waals surface area contributed by atoms with Gasteiger partial charge in [0.05, 0.1) is 11.1 Å². The summed E-state index contributed by atoms with van der Waals surface area (Å²) in [6, 6.07) is 58.4. The molecule has 0 N–H and O–H groups in total. The zero-order valence-electron chi connectivity index (χ0n) is 48.1. The molecule has 4 unspecified atom stereocenters. The molecule has 2 aliphatic carbocycles. The fraction of sp³-hybridized carbons (Fsp3) is 0.408. The standard InChI is InChI=1S/C71H81BN4/c1-65(2,3)47-30-33-50(34-31-47)73-61-44-52(75-58-28-17-15-26-54(58)68(10)38-19-14-20-40-70(68,75)12)35-37-57(61)72-56-36-32-49(67(7,8)9)43-60(56)74(51-25-23-24-48(42-51)66(4,5)6)63-46-53(45-62(73)64(63)72)76-59-29-18-16-27-55(59)69(11)39-21-22-41-71(69,76)13/h15-18,23-37,42-46H,14,19-22,38-41H2,1-13H3. The Morgan fingerprint density at radius 3 is 1.39 bits per heavy atom. The average molecular weight is 1000 g/mol. The van der Waals surface area contributed by atoms with Crippen LogP contribution < -0.4 is 36.0 Å². The van der Waals surface area contributed by atoms with Gasteiger partial charge in [-0.05, 0) is 167 Å². The maximum Gasteiger partial charge on any atom is 0.252 e. The second-order valence-corrected chi connectivity index (χ2v) is 28.1. The third-order valence-electron chi connectivity index (χ3n) is 20.7. The van der Waals surface area contributed by atoms with Gasteiger partial charge in [-0.2, -0.15) is 0 Å². The van der Waals surface area contributed by atoms with Crippen molar-refractivity contribution in [1.29, 1.82) is 0 Å². The van der Waals surface area contributed by atoms with E-state index >= 15 is 0 Å². The van der Waals surface area contributed by atoms with Crippen molar-refractivity contribution in [2.45, 2.75) is 186 Å². The normalized spacial score (nSPS) is 24.5. The number of para-hydroxylation sites is 2. The van der Waals surface area contributed by atoms with Gasteiger partial charge in [0, 0.05) is 67.7 Å². The summed E-state index contributed by atoms with van der Waals surface area (Å²) < 4.78 is 0. The van der Waals surface area contributed by atoms with Crippen LogP contribution in [0.2, 0.25) is 0 Å². The van der Waals surface area contributed by atoms with E-state index in [0.717, 1.165) is 12.8 Å². The molecule has 0 aromatic heterocycles. The Labute approximate surface area is 456 Å². The molecule has 5 heteroatoms. The lowest BCUT2D eigenvalue weighted by Crippen LogP contribution is -2.61. The summed E-state index contributed by atoms with van der Waals surface area (Å²) in [6.45, 7) is 31.5. The summed E-state index contributed by atoms with van der Waals surface area (Å²) >= 11 is 0. The highest BCUT2D eigenvalue weighted by molar-refractivity contribution is 7.00. The van der Waals surface area contributed by atoms with Gasteiger partial charge in [-0.25, -0.2) is 0 Å². The average Bonchev–Trinajstić information content (AvgIpc) is 3.88. The molecule has 2 saturated carbocycles. The van der Waals surface area contributed by atoms with E-state index in [4.69, 9.17) is 0 Å². The highest BCUT2D eigenvalue weighted by atomic mass is 15.3. The summed E-state index contributed by atoms with van der Waals surface area (Å²) in [5.74, 6) is 0. The molecular formula is C71H81BN4. The molecule has 0 amide bonds. The first-order valence-corrected chi connectivity index (χ1v) is 29.1. The van der Waals surface area contributed by atoms with Crippen LogP contribution >= 0.6 is 0 Å². The molecule has 4 atom stereocenters. The molecule has 6 aliphatic rings. The van der Waals surface area contributed by atoms with Gasteiger partial charge in [-0.1, -0.05) is 187 Å². The molecule has 7 aromatic carbocycles. The molecule has 4 heterocycles. The summed E-state index contributed by atoms with van der Waals surface area (Å²) in [7, 11) is 0. The van der Waals surface area contributed by atoms with Crippen LogP contribution in [0.15, 0.2) is 146 Å². The zero-order chi connectivity index (χ0) is 53.1. The first kappa shape index (κ1) is 49.4. The molecular weight excluding hydrogens is 920 g/mol. The number of nitrogens with zero attached hydrogens (tertiary/aromatic N) is 4. The van der Waals surface area contributed by atoms with Crippen LogP contribution in [0.4, 0.5) is 56.9 Å². The van der Waals surface area contributed by atoms with E-state index in [0.29, 0.717) is 0 Å². The van der Waals surface area contributed by atoms with Crippen molar-refractivity contribution >= 4 is 80.0 Å². The maximum absolute atomic E-state index is 2.82. The summed E-state index contributed by atoms with van der Waals surface area (Å²) in [4.78, 5) is 11.0. The number of rotatable bonds is 4. The van der Waals surface area contributed by atoms with Gasteiger partial charge in [0.2, 0.25) is 0 Å². The molecule has 13 rings (SSSR count). The molecule has 0 spiro atoms. The zero-order valence-corrected chi connectivity index (χ0v) is 48.1. The maximum atomic E-state index is 2.82. The monoisotopic (exact) mass is 1000 g/mol. The van der Waals surface area contributed by atoms with Crippen molar-refractivity contribution in [3.8, 4) is 0 Å². The van der Waals surface area contributed by atoms with E-state index in [1.807, 2.05) is 0 Å². The van der Waals surface area contributed by atoms with E-state index < -0.39 is 0 Å². The largest absolute Gasteiger partial charge is 0.334 e. The van der Waals surface area contributed by atoms with Crippen molar-refractivity contribution < 1.29 is 0 Å². The Balaban J connectivity index is 1.14. The van der Waals surface area contributed by atoms with Crippen LogP contribution in [0.5, 0.6) is 0 Å². The minimum absolute atomic E-state index is 0.00501. The second kappa shape index (κ2) is 16.7. The molecule has 0 saturated heterocycles. The number of fused-ring (bicyclic) bond motifs is 10. The highest BCUT2D eigenvalue weighted by Crippen LogP contribution is 2.63. The van der Waals surface area contributed by atoms with Gasteiger partial charge in [0.1, 0.15) is 0 Å². The third-order valence-corrected chi connectivity index (χ3v) is 20.7. The Morgan fingerprint density at radius 2 is 0.803 bits per heavy atom. The predicted octanol–water partition coefficient (Wildman–Crippen LogP) is 17.5. The Hall–Kier alpha value is -6.20. The van der Waals surface area contributed by atoms with E-state index in [1.165, 1.54) is 146 Å². The van der Waals surface area contributed by atoms with Gasteiger partial charge in [0.15, 0.2) is 0 Å². The molecule has 2 fully saturated rings.